The maximum absolute atomic E-state index is 11.9. The number of nitrogens with zero attached hydrogens (tertiary/aromatic N) is 1. The molecule has 1 aromatic carbocycles. The van der Waals surface area contributed by atoms with E-state index < -0.39 is 12.2 Å². The van der Waals surface area contributed by atoms with Crippen molar-refractivity contribution in [1.82, 2.24) is 4.90 Å². The van der Waals surface area contributed by atoms with Crippen LogP contribution in [0.3, 0.4) is 0 Å². The van der Waals surface area contributed by atoms with Crippen LogP contribution in [0.1, 0.15) is 10.4 Å². The van der Waals surface area contributed by atoms with Crippen LogP contribution in [0.4, 0.5) is 0 Å². The van der Waals surface area contributed by atoms with E-state index in [2.05, 4.69) is 12.2 Å². The van der Waals surface area contributed by atoms with Crippen LogP contribution in [-0.2, 0) is 0 Å². The van der Waals surface area contributed by atoms with Crippen LogP contribution >= 0.6 is 12.2 Å². The highest BCUT2D eigenvalue weighted by Gasteiger charge is 2.19. The number of rotatable bonds is 3. The van der Waals surface area contributed by atoms with Crippen LogP contribution in [0.15, 0.2) is 30.3 Å². The molecule has 0 aliphatic heterocycles. The summed E-state index contributed by atoms with van der Waals surface area (Å²) >= 11 is 4.67. The zero-order valence-corrected chi connectivity index (χ0v) is 9.22. The number of aliphatic hydroxyl groups is 2. The van der Waals surface area contributed by atoms with Gasteiger partial charge in [0.15, 0.2) is 11.4 Å². The quantitative estimate of drug-likeness (QED) is 0.498. The molecule has 0 aliphatic rings. The molecule has 0 aromatic heterocycles. The first-order valence-corrected chi connectivity index (χ1v) is 4.95. The summed E-state index contributed by atoms with van der Waals surface area (Å²) in [7, 11) is 0. The number of amides is 1. The van der Waals surface area contributed by atoms with Gasteiger partial charge in [0.1, 0.15) is 0 Å². The standard InChI is InChI=1S/C10H12N2O3S/c11-10(16)12(6-8(13)14)9(15)7-4-2-1-3-5-7/h1-5,8,13-14H,6H2,(H2,11,16). The van der Waals surface area contributed by atoms with Gasteiger partial charge in [0, 0.05) is 5.56 Å². The van der Waals surface area contributed by atoms with Gasteiger partial charge in [-0.1, -0.05) is 18.2 Å². The van der Waals surface area contributed by atoms with E-state index in [0.717, 1.165) is 4.90 Å². The van der Waals surface area contributed by atoms with Gasteiger partial charge in [0.05, 0.1) is 6.54 Å². The highest BCUT2D eigenvalue weighted by Crippen LogP contribution is 2.05. The van der Waals surface area contributed by atoms with Crippen molar-refractivity contribution < 1.29 is 15.0 Å². The van der Waals surface area contributed by atoms with Crippen molar-refractivity contribution in [2.75, 3.05) is 6.54 Å². The number of benzene rings is 1. The first-order valence-electron chi connectivity index (χ1n) is 4.55. The Morgan fingerprint density at radius 3 is 2.38 bits per heavy atom. The molecule has 0 unspecified atom stereocenters. The Labute approximate surface area is 98.1 Å². The summed E-state index contributed by atoms with van der Waals surface area (Å²) < 4.78 is 0. The van der Waals surface area contributed by atoms with Gasteiger partial charge < -0.3 is 15.9 Å². The van der Waals surface area contributed by atoms with Crippen molar-refractivity contribution in [3.63, 3.8) is 0 Å². The highest BCUT2D eigenvalue weighted by molar-refractivity contribution is 7.80. The molecule has 0 radical (unpaired) electrons. The van der Waals surface area contributed by atoms with Gasteiger partial charge in [-0.3, -0.25) is 9.69 Å². The monoisotopic (exact) mass is 240 g/mol. The van der Waals surface area contributed by atoms with E-state index in [4.69, 9.17) is 15.9 Å². The van der Waals surface area contributed by atoms with Gasteiger partial charge in [-0.15, -0.1) is 0 Å². The van der Waals surface area contributed by atoms with Crippen LogP contribution in [0.25, 0.3) is 0 Å². The van der Waals surface area contributed by atoms with E-state index >= 15 is 0 Å². The minimum atomic E-state index is -1.67. The third kappa shape index (κ3) is 3.27. The number of carbonyl (C=O) groups excluding carboxylic acids is 1. The second-order valence-electron chi connectivity index (χ2n) is 3.10. The van der Waals surface area contributed by atoms with Gasteiger partial charge in [-0.25, -0.2) is 0 Å². The molecule has 0 fully saturated rings. The summed E-state index contributed by atoms with van der Waals surface area (Å²) in [6, 6.07) is 8.35. The van der Waals surface area contributed by atoms with Crippen LogP contribution in [0.5, 0.6) is 0 Å². The van der Waals surface area contributed by atoms with Gasteiger partial charge in [-0.05, 0) is 24.4 Å². The molecular weight excluding hydrogens is 228 g/mol. The number of hydrogen-bond acceptors (Lipinski definition) is 4. The summed E-state index contributed by atoms with van der Waals surface area (Å²) in [4.78, 5) is 12.8. The van der Waals surface area contributed by atoms with E-state index in [1.54, 1.807) is 30.3 Å². The van der Waals surface area contributed by atoms with Crippen molar-refractivity contribution in [2.24, 2.45) is 5.73 Å². The lowest BCUT2D eigenvalue weighted by Gasteiger charge is -2.21. The molecule has 1 amide bonds. The molecule has 1 aromatic rings. The van der Waals surface area contributed by atoms with E-state index in [-0.39, 0.29) is 11.7 Å². The fraction of sp³-hybridized carbons (Fsp3) is 0.200. The highest BCUT2D eigenvalue weighted by atomic mass is 32.1. The maximum Gasteiger partial charge on any atom is 0.260 e. The summed E-state index contributed by atoms with van der Waals surface area (Å²) in [5.74, 6) is -0.457. The second-order valence-corrected chi connectivity index (χ2v) is 3.52. The minimum absolute atomic E-state index is 0.193. The average Bonchev–Trinajstić information content (AvgIpc) is 2.25. The molecule has 0 bridgehead atoms. The molecule has 0 aliphatic carbocycles. The molecular formula is C10H12N2O3S. The number of carbonyl (C=O) groups is 1. The van der Waals surface area contributed by atoms with Gasteiger partial charge in [0.25, 0.3) is 5.91 Å². The minimum Gasteiger partial charge on any atom is -0.376 e. The smallest absolute Gasteiger partial charge is 0.260 e. The van der Waals surface area contributed by atoms with Crippen molar-refractivity contribution in [3.05, 3.63) is 35.9 Å². The number of aliphatic hydroxyl groups excluding tert-OH is 1. The molecule has 5 nitrogen and oxygen atoms in total. The third-order valence-electron chi connectivity index (χ3n) is 1.88. The first kappa shape index (κ1) is 12.6. The number of thiocarbonyl (C=S) groups is 1. The van der Waals surface area contributed by atoms with Crippen molar-refractivity contribution in [1.29, 1.82) is 0 Å². The lowest BCUT2D eigenvalue weighted by molar-refractivity contribution is -0.0482. The summed E-state index contributed by atoms with van der Waals surface area (Å²) in [5, 5.41) is 17.4. The first-order chi connectivity index (χ1) is 7.52. The van der Waals surface area contributed by atoms with Crippen LogP contribution in [0.2, 0.25) is 0 Å². The van der Waals surface area contributed by atoms with Crippen molar-refractivity contribution in [2.45, 2.75) is 6.29 Å². The van der Waals surface area contributed by atoms with Crippen molar-refractivity contribution in [3.8, 4) is 0 Å². The van der Waals surface area contributed by atoms with Crippen LogP contribution in [0, 0.1) is 0 Å². The molecule has 0 saturated heterocycles. The summed E-state index contributed by atoms with van der Waals surface area (Å²) in [6.45, 7) is -0.344. The maximum atomic E-state index is 11.9. The SMILES string of the molecule is NC(=S)N(CC(O)O)C(=O)c1ccccc1. The molecule has 0 heterocycles. The lowest BCUT2D eigenvalue weighted by Crippen LogP contribution is -2.44. The fourth-order valence-electron chi connectivity index (χ4n) is 1.17. The largest absolute Gasteiger partial charge is 0.376 e. The lowest BCUT2D eigenvalue weighted by atomic mass is 10.2. The predicted octanol–water partition coefficient (Wildman–Crippen LogP) is -0.317. The summed E-state index contributed by atoms with van der Waals surface area (Å²) in [5.41, 5.74) is 5.72. The summed E-state index contributed by atoms with van der Waals surface area (Å²) in [6.07, 6.45) is -1.67. The van der Waals surface area contributed by atoms with E-state index in [1.165, 1.54) is 0 Å². The molecule has 0 saturated carbocycles. The molecule has 6 heteroatoms. The van der Waals surface area contributed by atoms with Crippen LogP contribution < -0.4 is 5.73 Å². The van der Waals surface area contributed by atoms with Crippen molar-refractivity contribution >= 4 is 23.2 Å². The van der Waals surface area contributed by atoms with E-state index in [9.17, 15) is 4.79 Å². The van der Waals surface area contributed by atoms with Crippen LogP contribution in [-0.4, -0.2) is 39.0 Å². The molecule has 0 spiro atoms. The Morgan fingerprint density at radius 1 is 1.38 bits per heavy atom. The Morgan fingerprint density at radius 2 is 1.94 bits per heavy atom. The number of hydrogen-bond donors (Lipinski definition) is 3. The average molecular weight is 240 g/mol. The molecule has 86 valence electrons. The Balaban J connectivity index is 2.88. The zero-order valence-electron chi connectivity index (χ0n) is 8.41. The van der Waals surface area contributed by atoms with Gasteiger partial charge >= 0.3 is 0 Å². The fourth-order valence-corrected chi connectivity index (χ4v) is 1.33. The van der Waals surface area contributed by atoms with E-state index in [0.29, 0.717) is 5.56 Å². The Kier molecular flexibility index (Phi) is 4.36. The Hall–Kier alpha value is -1.50. The third-order valence-corrected chi connectivity index (χ3v) is 2.10. The van der Waals surface area contributed by atoms with Gasteiger partial charge in [-0.2, -0.15) is 0 Å². The normalized spacial score (nSPS) is 10.2. The molecule has 0 atom stereocenters. The topological polar surface area (TPSA) is 86.8 Å². The predicted molar refractivity (Wildman–Crippen MR) is 62.5 cm³/mol. The van der Waals surface area contributed by atoms with Gasteiger partial charge in [0.2, 0.25) is 0 Å². The molecule has 1 rings (SSSR count). The molecule has 4 N–H and O–H groups in total. The second kappa shape index (κ2) is 5.55. The Bertz CT molecular complexity index is 381. The number of nitrogens with two attached hydrogens (primary N) is 1. The zero-order chi connectivity index (χ0) is 12.1. The van der Waals surface area contributed by atoms with E-state index in [1.807, 2.05) is 0 Å². The molecule has 16 heavy (non-hydrogen) atoms.